The van der Waals surface area contributed by atoms with Crippen LogP contribution in [0.4, 0.5) is 0 Å². The molecule has 0 radical (unpaired) electrons. The molecule has 1 rings (SSSR count). The van der Waals surface area contributed by atoms with Gasteiger partial charge in [0.15, 0.2) is 5.88 Å². The zero-order chi connectivity index (χ0) is 11.4. The maximum absolute atomic E-state index is 11.4. The first kappa shape index (κ1) is 11.3. The van der Waals surface area contributed by atoms with Crippen molar-refractivity contribution in [2.45, 2.75) is 20.4 Å². The van der Waals surface area contributed by atoms with Gasteiger partial charge in [0.1, 0.15) is 0 Å². The molecule has 5 nitrogen and oxygen atoms in total. The number of hydrogen-bond acceptors (Lipinski definition) is 3. The third-order valence-electron chi connectivity index (χ3n) is 1.96. The summed E-state index contributed by atoms with van der Waals surface area (Å²) in [6.07, 6.45) is 0. The van der Waals surface area contributed by atoms with Gasteiger partial charge < -0.3 is 10.4 Å². The second kappa shape index (κ2) is 4.63. The van der Waals surface area contributed by atoms with Gasteiger partial charge in [0, 0.05) is 32.1 Å². The summed E-state index contributed by atoms with van der Waals surface area (Å²) >= 11 is 0. The van der Waals surface area contributed by atoms with E-state index in [-0.39, 0.29) is 23.9 Å². The quantitative estimate of drug-likeness (QED) is 0.737. The Kier molecular flexibility index (Phi) is 3.49. The number of pyridine rings is 1. The number of aromatic hydroxyl groups is 1. The van der Waals surface area contributed by atoms with Gasteiger partial charge in [-0.25, -0.2) is 0 Å². The molecule has 0 spiro atoms. The Balaban J connectivity index is 2.77. The van der Waals surface area contributed by atoms with E-state index in [0.29, 0.717) is 12.1 Å². The van der Waals surface area contributed by atoms with Crippen LogP contribution in [0, 0.1) is 6.92 Å². The van der Waals surface area contributed by atoms with Gasteiger partial charge in [-0.3, -0.25) is 14.2 Å². The van der Waals surface area contributed by atoms with Crippen LogP contribution < -0.4 is 10.9 Å². The van der Waals surface area contributed by atoms with Crippen molar-refractivity contribution in [3.63, 3.8) is 0 Å². The van der Waals surface area contributed by atoms with Crippen LogP contribution in [0.2, 0.25) is 0 Å². The molecule has 15 heavy (non-hydrogen) atoms. The highest BCUT2D eigenvalue weighted by Crippen LogP contribution is 2.06. The van der Waals surface area contributed by atoms with E-state index in [0.717, 1.165) is 0 Å². The van der Waals surface area contributed by atoms with Crippen molar-refractivity contribution in [3.8, 4) is 5.88 Å². The monoisotopic (exact) mass is 210 g/mol. The fourth-order valence-corrected chi connectivity index (χ4v) is 1.28. The van der Waals surface area contributed by atoms with E-state index in [1.807, 2.05) is 0 Å². The third-order valence-corrected chi connectivity index (χ3v) is 1.96. The highest BCUT2D eigenvalue weighted by Gasteiger charge is 2.03. The maximum atomic E-state index is 11.4. The lowest BCUT2D eigenvalue weighted by Crippen LogP contribution is -2.29. The molecule has 1 heterocycles. The number of amides is 1. The molecule has 82 valence electrons. The third kappa shape index (κ3) is 3.12. The van der Waals surface area contributed by atoms with Gasteiger partial charge in [-0.2, -0.15) is 0 Å². The van der Waals surface area contributed by atoms with Crippen molar-refractivity contribution in [2.75, 3.05) is 6.54 Å². The number of nitrogens with one attached hydrogen (secondary N) is 1. The Labute approximate surface area is 87.4 Å². The van der Waals surface area contributed by atoms with Crippen molar-refractivity contribution >= 4 is 5.91 Å². The molecule has 0 saturated carbocycles. The highest BCUT2D eigenvalue weighted by atomic mass is 16.3. The zero-order valence-electron chi connectivity index (χ0n) is 8.78. The fourth-order valence-electron chi connectivity index (χ4n) is 1.28. The average molecular weight is 210 g/mol. The number of rotatable bonds is 3. The molecular weight excluding hydrogens is 196 g/mol. The van der Waals surface area contributed by atoms with E-state index in [9.17, 15) is 14.7 Å². The molecule has 0 aliphatic rings. The molecule has 1 amide bonds. The number of carbonyl (C=O) groups is 1. The molecule has 5 heteroatoms. The van der Waals surface area contributed by atoms with Crippen molar-refractivity contribution in [3.05, 3.63) is 28.0 Å². The molecule has 1 aromatic rings. The first-order chi connectivity index (χ1) is 7.00. The van der Waals surface area contributed by atoms with E-state index < -0.39 is 0 Å². The molecule has 0 aliphatic carbocycles. The summed E-state index contributed by atoms with van der Waals surface area (Å²) in [7, 11) is 0. The predicted molar refractivity (Wildman–Crippen MR) is 55.8 cm³/mol. The predicted octanol–water partition coefficient (Wildman–Crippen LogP) is -0.00158. The second-order valence-electron chi connectivity index (χ2n) is 3.36. The average Bonchev–Trinajstić information content (AvgIpc) is 2.08. The summed E-state index contributed by atoms with van der Waals surface area (Å²) in [4.78, 5) is 22.0. The van der Waals surface area contributed by atoms with Crippen LogP contribution in [0.1, 0.15) is 12.5 Å². The fraction of sp³-hybridized carbons (Fsp3) is 0.400. The molecule has 2 N–H and O–H groups in total. The van der Waals surface area contributed by atoms with E-state index >= 15 is 0 Å². The Bertz CT molecular complexity index is 423. The molecule has 0 saturated heterocycles. The Morgan fingerprint density at radius 2 is 2.20 bits per heavy atom. The smallest absolute Gasteiger partial charge is 0.253 e. The van der Waals surface area contributed by atoms with Gasteiger partial charge in [0.2, 0.25) is 5.91 Å². The topological polar surface area (TPSA) is 71.3 Å². The Hall–Kier alpha value is -1.78. The summed E-state index contributed by atoms with van der Waals surface area (Å²) in [5.74, 6) is -0.236. The number of nitrogens with zero attached hydrogens (tertiary/aromatic N) is 1. The van der Waals surface area contributed by atoms with Gasteiger partial charge >= 0.3 is 0 Å². The molecule has 0 aliphatic heterocycles. The minimum Gasteiger partial charge on any atom is -0.494 e. The van der Waals surface area contributed by atoms with Crippen LogP contribution in [-0.4, -0.2) is 22.1 Å². The summed E-state index contributed by atoms with van der Waals surface area (Å²) in [5, 5.41) is 12.0. The van der Waals surface area contributed by atoms with Crippen LogP contribution in [0.25, 0.3) is 0 Å². The summed E-state index contributed by atoms with van der Waals surface area (Å²) < 4.78 is 1.21. The van der Waals surface area contributed by atoms with E-state index in [1.54, 1.807) is 6.92 Å². The van der Waals surface area contributed by atoms with Crippen LogP contribution in [-0.2, 0) is 11.3 Å². The zero-order valence-corrected chi connectivity index (χ0v) is 8.78. The molecular formula is C10H14N2O3. The molecule has 0 aromatic carbocycles. The summed E-state index contributed by atoms with van der Waals surface area (Å²) in [6.45, 7) is 3.73. The van der Waals surface area contributed by atoms with Gasteiger partial charge in [0.25, 0.3) is 5.56 Å². The van der Waals surface area contributed by atoms with Crippen molar-refractivity contribution in [2.24, 2.45) is 0 Å². The highest BCUT2D eigenvalue weighted by molar-refractivity contribution is 5.72. The number of aromatic nitrogens is 1. The van der Waals surface area contributed by atoms with Gasteiger partial charge in [0.05, 0.1) is 0 Å². The van der Waals surface area contributed by atoms with Crippen molar-refractivity contribution < 1.29 is 9.90 Å². The number of carbonyl (C=O) groups excluding carboxylic acids is 1. The minimum atomic E-state index is -0.266. The van der Waals surface area contributed by atoms with Gasteiger partial charge in [-0.15, -0.1) is 0 Å². The standard InChI is InChI=1S/C10H14N2O3/c1-7-5-9(14)12(10(15)6-7)4-3-11-8(2)13/h5-6,14H,3-4H2,1-2H3,(H,11,13). The largest absolute Gasteiger partial charge is 0.494 e. The maximum Gasteiger partial charge on any atom is 0.253 e. The van der Waals surface area contributed by atoms with Gasteiger partial charge in [-0.1, -0.05) is 0 Å². The van der Waals surface area contributed by atoms with Crippen LogP contribution >= 0.6 is 0 Å². The van der Waals surface area contributed by atoms with Gasteiger partial charge in [-0.05, 0) is 12.5 Å². The molecule has 1 aromatic heterocycles. The molecule has 0 atom stereocenters. The molecule has 0 unspecified atom stereocenters. The van der Waals surface area contributed by atoms with E-state index in [1.165, 1.54) is 23.6 Å². The lowest BCUT2D eigenvalue weighted by atomic mass is 10.3. The molecule has 0 fully saturated rings. The Morgan fingerprint density at radius 1 is 1.53 bits per heavy atom. The lowest BCUT2D eigenvalue weighted by molar-refractivity contribution is -0.118. The summed E-state index contributed by atoms with van der Waals surface area (Å²) in [6, 6.07) is 2.95. The van der Waals surface area contributed by atoms with Crippen molar-refractivity contribution in [1.82, 2.24) is 9.88 Å². The Morgan fingerprint density at radius 3 is 2.73 bits per heavy atom. The second-order valence-corrected chi connectivity index (χ2v) is 3.36. The van der Waals surface area contributed by atoms with E-state index in [2.05, 4.69) is 5.32 Å². The van der Waals surface area contributed by atoms with Crippen molar-refractivity contribution in [1.29, 1.82) is 0 Å². The SMILES string of the molecule is CC(=O)NCCn1c(O)cc(C)cc1=O. The minimum absolute atomic E-state index is 0.0784. The first-order valence-corrected chi connectivity index (χ1v) is 4.65. The number of hydrogen-bond donors (Lipinski definition) is 2. The lowest BCUT2D eigenvalue weighted by Gasteiger charge is -2.08. The normalized spacial score (nSPS) is 10.0. The molecule has 0 bridgehead atoms. The first-order valence-electron chi connectivity index (χ1n) is 4.65. The van der Waals surface area contributed by atoms with Crippen LogP contribution in [0.15, 0.2) is 16.9 Å². The van der Waals surface area contributed by atoms with Crippen LogP contribution in [0.5, 0.6) is 5.88 Å². The summed E-state index contributed by atoms with van der Waals surface area (Å²) in [5.41, 5.74) is 0.450. The van der Waals surface area contributed by atoms with E-state index in [4.69, 9.17) is 0 Å². The number of aryl methyl sites for hydroxylation is 1. The van der Waals surface area contributed by atoms with Crippen LogP contribution in [0.3, 0.4) is 0 Å².